The van der Waals surface area contributed by atoms with Gasteiger partial charge in [0.2, 0.25) is 17.7 Å². The Balaban J connectivity index is 3.01. The van der Waals surface area contributed by atoms with Crippen LogP contribution in [0, 0.1) is 0 Å². The zero-order valence-corrected chi connectivity index (χ0v) is 21.1. The van der Waals surface area contributed by atoms with E-state index >= 15 is 0 Å². The van der Waals surface area contributed by atoms with Gasteiger partial charge in [-0.05, 0) is 36.9 Å². The van der Waals surface area contributed by atoms with Gasteiger partial charge in [-0.2, -0.15) is 23.5 Å². The van der Waals surface area contributed by atoms with E-state index in [1.54, 1.807) is 6.26 Å². The molecule has 15 heteroatoms. The van der Waals surface area contributed by atoms with Crippen LogP contribution in [-0.4, -0.2) is 98.0 Å². The van der Waals surface area contributed by atoms with Gasteiger partial charge in [0.15, 0.2) is 0 Å². The molecule has 0 aliphatic rings. The molecule has 13 nitrogen and oxygen atoms in total. The summed E-state index contributed by atoms with van der Waals surface area (Å²) < 4.78 is 0. The maximum Gasteiger partial charge on any atom is 0.326 e. The van der Waals surface area contributed by atoms with Gasteiger partial charge in [-0.1, -0.05) is 0 Å². The molecule has 0 aliphatic carbocycles. The second-order valence-electron chi connectivity index (χ2n) is 7.57. The van der Waals surface area contributed by atoms with Crippen LogP contribution < -0.4 is 21.7 Å². The summed E-state index contributed by atoms with van der Waals surface area (Å²) in [5.41, 5.74) is 6.39. The lowest BCUT2D eigenvalue weighted by Gasteiger charge is -2.24. The lowest BCUT2D eigenvalue weighted by atomic mass is 10.1. The van der Waals surface area contributed by atoms with Crippen LogP contribution in [0.15, 0.2) is 12.5 Å². The number of thioether (sulfide) groups is 2. The van der Waals surface area contributed by atoms with E-state index in [0.717, 1.165) is 0 Å². The highest BCUT2D eigenvalue weighted by Gasteiger charge is 2.31. The molecule has 0 aromatic carbocycles. The number of amides is 3. The van der Waals surface area contributed by atoms with Crippen molar-refractivity contribution < 1.29 is 34.2 Å². The number of hydrogen-bond acceptors (Lipinski definition) is 9. The topological polar surface area (TPSA) is 217 Å². The lowest BCUT2D eigenvalue weighted by Crippen LogP contribution is -2.58. The summed E-state index contributed by atoms with van der Waals surface area (Å²) in [4.78, 5) is 67.7. The van der Waals surface area contributed by atoms with Crippen molar-refractivity contribution in [1.82, 2.24) is 25.9 Å². The number of rotatable bonds is 17. The number of H-pyrrole nitrogens is 1. The predicted molar refractivity (Wildman–Crippen MR) is 132 cm³/mol. The Hall–Kier alpha value is -2.78. The Bertz CT molecular complexity index is 855. The van der Waals surface area contributed by atoms with E-state index in [1.165, 1.54) is 36.0 Å². The fourth-order valence-corrected chi connectivity index (χ4v) is 3.86. The van der Waals surface area contributed by atoms with E-state index in [1.807, 2.05) is 6.26 Å². The van der Waals surface area contributed by atoms with Crippen molar-refractivity contribution in [3.8, 4) is 0 Å². The monoisotopic (exact) mass is 532 g/mol. The first-order chi connectivity index (χ1) is 16.6. The van der Waals surface area contributed by atoms with E-state index in [4.69, 9.17) is 5.73 Å². The average molecular weight is 533 g/mol. The number of carbonyl (C=O) groups excluding carboxylic acids is 3. The quantitative estimate of drug-likeness (QED) is 0.126. The Morgan fingerprint density at radius 1 is 0.943 bits per heavy atom. The number of carboxylic acid groups (broad SMARTS) is 2. The summed E-state index contributed by atoms with van der Waals surface area (Å²) in [6, 6.07) is -4.88. The van der Waals surface area contributed by atoms with Crippen LogP contribution in [0.3, 0.4) is 0 Å². The molecule has 4 unspecified atom stereocenters. The molecule has 4 atom stereocenters. The third-order valence-electron chi connectivity index (χ3n) is 4.82. The standard InChI is InChI=1S/C20H32N6O7S2/c1-34-5-3-12(21)17(29)25-14(7-11-9-22-10-23-11)18(30)26-15(8-16(27)28)19(31)24-13(20(32)33)4-6-35-2/h9-10,12-15H,3-8,21H2,1-2H3,(H,22,23)(H,24,31)(H,25,29)(H,26,30)(H,27,28)(H,32,33). The Kier molecular flexibility index (Phi) is 13.8. The van der Waals surface area contributed by atoms with Gasteiger partial charge in [-0.15, -0.1) is 0 Å². The van der Waals surface area contributed by atoms with Crippen LogP contribution >= 0.6 is 23.5 Å². The second kappa shape index (κ2) is 16.0. The van der Waals surface area contributed by atoms with Crippen LogP contribution in [0.4, 0.5) is 0 Å². The van der Waals surface area contributed by atoms with E-state index in [-0.39, 0.29) is 12.8 Å². The largest absolute Gasteiger partial charge is 0.481 e. The molecule has 1 aromatic heterocycles. The lowest BCUT2D eigenvalue weighted by molar-refractivity contribution is -0.143. The first-order valence-electron chi connectivity index (χ1n) is 10.6. The van der Waals surface area contributed by atoms with E-state index in [9.17, 15) is 34.2 Å². The Morgan fingerprint density at radius 2 is 1.51 bits per heavy atom. The molecule has 35 heavy (non-hydrogen) atoms. The third-order valence-corrected chi connectivity index (χ3v) is 6.11. The SMILES string of the molecule is CSCCC(N)C(=O)NC(Cc1cnc[nH]1)C(=O)NC(CC(=O)O)C(=O)NC(CCSC)C(=O)O. The summed E-state index contributed by atoms with van der Waals surface area (Å²) in [6.07, 6.45) is 6.15. The minimum Gasteiger partial charge on any atom is -0.481 e. The number of carboxylic acids is 2. The van der Waals surface area contributed by atoms with Gasteiger partial charge in [0.1, 0.15) is 18.1 Å². The Morgan fingerprint density at radius 3 is 2.06 bits per heavy atom. The van der Waals surface area contributed by atoms with Gasteiger partial charge >= 0.3 is 11.9 Å². The smallest absolute Gasteiger partial charge is 0.326 e. The minimum atomic E-state index is -1.57. The van der Waals surface area contributed by atoms with E-state index in [0.29, 0.717) is 23.6 Å². The Labute approximate surface area is 211 Å². The number of imidazole rings is 1. The van der Waals surface area contributed by atoms with Gasteiger partial charge in [0.05, 0.1) is 18.8 Å². The van der Waals surface area contributed by atoms with Crippen molar-refractivity contribution in [2.24, 2.45) is 5.73 Å². The molecule has 3 amide bonds. The van der Waals surface area contributed by atoms with Crippen molar-refractivity contribution >= 4 is 53.2 Å². The molecule has 0 aliphatic heterocycles. The first kappa shape index (κ1) is 30.3. The molecule has 0 saturated carbocycles. The predicted octanol–water partition coefficient (Wildman–Crippen LogP) is -1.20. The molecule has 0 spiro atoms. The highest BCUT2D eigenvalue weighted by Crippen LogP contribution is 2.06. The highest BCUT2D eigenvalue weighted by atomic mass is 32.2. The molecular formula is C20H32N6O7S2. The number of nitrogens with zero attached hydrogens (tertiary/aromatic N) is 1. The fraction of sp³-hybridized carbons (Fsp3) is 0.600. The average Bonchev–Trinajstić information content (AvgIpc) is 3.31. The summed E-state index contributed by atoms with van der Waals surface area (Å²) in [5.74, 6) is -3.96. The van der Waals surface area contributed by atoms with Crippen LogP contribution in [0.25, 0.3) is 0 Å². The number of nitrogens with two attached hydrogens (primary N) is 1. The first-order valence-corrected chi connectivity index (χ1v) is 13.4. The van der Waals surface area contributed by atoms with Gasteiger partial charge in [-0.25, -0.2) is 9.78 Å². The van der Waals surface area contributed by atoms with Crippen molar-refractivity contribution in [1.29, 1.82) is 0 Å². The molecule has 0 bridgehead atoms. The molecule has 1 rings (SSSR count). The minimum absolute atomic E-state index is 0.0281. The van der Waals surface area contributed by atoms with Gasteiger partial charge in [0, 0.05) is 18.3 Å². The molecule has 196 valence electrons. The number of aliphatic carboxylic acids is 2. The van der Waals surface area contributed by atoms with Crippen LogP contribution in [-0.2, 0) is 30.4 Å². The van der Waals surface area contributed by atoms with Gasteiger partial charge in [0.25, 0.3) is 0 Å². The number of aromatic amines is 1. The summed E-state index contributed by atoms with van der Waals surface area (Å²) >= 11 is 2.89. The van der Waals surface area contributed by atoms with Gasteiger partial charge < -0.3 is 36.9 Å². The molecule has 1 aromatic rings. The number of nitrogens with one attached hydrogen (secondary N) is 4. The molecule has 1 heterocycles. The molecule has 0 saturated heterocycles. The number of hydrogen-bond donors (Lipinski definition) is 7. The number of aromatic nitrogens is 2. The van der Waals surface area contributed by atoms with Crippen LogP contribution in [0.5, 0.6) is 0 Å². The van der Waals surface area contributed by atoms with E-state index in [2.05, 4.69) is 25.9 Å². The molecule has 0 fully saturated rings. The van der Waals surface area contributed by atoms with Crippen molar-refractivity contribution in [3.63, 3.8) is 0 Å². The van der Waals surface area contributed by atoms with Crippen molar-refractivity contribution in [2.45, 2.75) is 49.9 Å². The zero-order chi connectivity index (χ0) is 26.4. The highest BCUT2D eigenvalue weighted by molar-refractivity contribution is 7.98. The summed E-state index contributed by atoms with van der Waals surface area (Å²) in [5, 5.41) is 25.7. The summed E-state index contributed by atoms with van der Waals surface area (Å²) in [6.45, 7) is 0. The zero-order valence-electron chi connectivity index (χ0n) is 19.5. The third kappa shape index (κ3) is 11.5. The fourth-order valence-electron chi connectivity index (χ4n) is 2.90. The number of carbonyl (C=O) groups is 5. The maximum atomic E-state index is 13.0. The summed E-state index contributed by atoms with van der Waals surface area (Å²) in [7, 11) is 0. The van der Waals surface area contributed by atoms with E-state index < -0.39 is 60.2 Å². The normalized spacial score (nSPS) is 14.3. The van der Waals surface area contributed by atoms with Crippen molar-refractivity contribution in [3.05, 3.63) is 18.2 Å². The molecule has 0 radical (unpaired) electrons. The van der Waals surface area contributed by atoms with Crippen molar-refractivity contribution in [2.75, 3.05) is 24.0 Å². The molecule has 8 N–H and O–H groups in total. The molecular weight excluding hydrogens is 500 g/mol. The maximum absolute atomic E-state index is 13.0. The van der Waals surface area contributed by atoms with Crippen LogP contribution in [0.1, 0.15) is 25.0 Å². The van der Waals surface area contributed by atoms with Gasteiger partial charge in [-0.3, -0.25) is 19.2 Å². The second-order valence-corrected chi connectivity index (χ2v) is 9.54. The van der Waals surface area contributed by atoms with Crippen LogP contribution in [0.2, 0.25) is 0 Å².